The van der Waals surface area contributed by atoms with E-state index in [0.717, 1.165) is 0 Å². The predicted octanol–water partition coefficient (Wildman–Crippen LogP) is 0.703. The van der Waals surface area contributed by atoms with E-state index in [2.05, 4.69) is 0 Å². The van der Waals surface area contributed by atoms with Crippen LogP contribution in [0.1, 0.15) is 20.3 Å². The van der Waals surface area contributed by atoms with E-state index >= 15 is 0 Å². The van der Waals surface area contributed by atoms with E-state index in [1.54, 1.807) is 13.0 Å². The highest BCUT2D eigenvalue weighted by molar-refractivity contribution is 5.74. The summed E-state index contributed by atoms with van der Waals surface area (Å²) in [5.74, 6) is -2.18. The Balaban J connectivity index is 2.91. The Hall–Kier alpha value is -1.92. The summed E-state index contributed by atoms with van der Waals surface area (Å²) < 4.78 is 9.65. The Labute approximate surface area is 104 Å². The molecule has 0 fully saturated rings. The molecular formula is C11H15NO6. The number of carbonyl (C=O) groups is 2. The first-order valence-corrected chi connectivity index (χ1v) is 5.61. The van der Waals surface area contributed by atoms with Crippen LogP contribution in [0.25, 0.3) is 0 Å². The highest BCUT2D eigenvalue weighted by Crippen LogP contribution is 2.25. The maximum absolute atomic E-state index is 11.6. The number of rotatable bonds is 4. The van der Waals surface area contributed by atoms with Gasteiger partial charge in [0.05, 0.1) is 6.61 Å². The summed E-state index contributed by atoms with van der Waals surface area (Å²) in [5.41, 5.74) is 0. The third-order valence-corrected chi connectivity index (χ3v) is 2.60. The second-order valence-corrected chi connectivity index (χ2v) is 3.87. The summed E-state index contributed by atoms with van der Waals surface area (Å²) in [6, 6.07) is -1.29. The second-order valence-electron chi connectivity index (χ2n) is 3.87. The van der Waals surface area contributed by atoms with Crippen LogP contribution in [-0.2, 0) is 19.1 Å². The van der Waals surface area contributed by atoms with Crippen LogP contribution in [0, 0.1) is 16.0 Å². The van der Waals surface area contributed by atoms with Crippen LogP contribution in [-0.4, -0.2) is 35.6 Å². The fraction of sp³-hybridized carbons (Fsp3) is 0.636. The van der Waals surface area contributed by atoms with Crippen molar-refractivity contribution in [2.75, 3.05) is 6.61 Å². The molecule has 3 atom stereocenters. The third kappa shape index (κ3) is 3.28. The Morgan fingerprint density at radius 2 is 2.17 bits per heavy atom. The number of nitro groups is 1. The van der Waals surface area contributed by atoms with Gasteiger partial charge >= 0.3 is 11.9 Å². The molecule has 7 nitrogen and oxygen atoms in total. The van der Waals surface area contributed by atoms with Crippen LogP contribution < -0.4 is 0 Å². The van der Waals surface area contributed by atoms with Gasteiger partial charge in [-0.15, -0.1) is 0 Å². The molecule has 0 saturated heterocycles. The Morgan fingerprint density at radius 1 is 1.50 bits per heavy atom. The molecule has 0 aromatic heterocycles. The molecule has 0 aromatic rings. The van der Waals surface area contributed by atoms with E-state index in [1.165, 1.54) is 13.0 Å². The molecular weight excluding hydrogens is 242 g/mol. The fourth-order valence-corrected chi connectivity index (χ4v) is 1.89. The molecule has 1 aliphatic carbocycles. The van der Waals surface area contributed by atoms with Gasteiger partial charge in [-0.2, -0.15) is 0 Å². The van der Waals surface area contributed by atoms with Gasteiger partial charge in [-0.05, 0) is 19.4 Å². The van der Waals surface area contributed by atoms with E-state index in [4.69, 9.17) is 9.47 Å². The van der Waals surface area contributed by atoms with Crippen molar-refractivity contribution in [3.05, 3.63) is 22.3 Å². The van der Waals surface area contributed by atoms with Crippen molar-refractivity contribution < 1.29 is 24.0 Å². The minimum atomic E-state index is -1.29. The average molecular weight is 257 g/mol. The first kappa shape index (κ1) is 14.1. The molecule has 0 spiro atoms. The summed E-state index contributed by atoms with van der Waals surface area (Å²) in [4.78, 5) is 33.0. The van der Waals surface area contributed by atoms with Crippen LogP contribution in [0.2, 0.25) is 0 Å². The van der Waals surface area contributed by atoms with Crippen molar-refractivity contribution in [2.24, 2.45) is 5.92 Å². The van der Waals surface area contributed by atoms with E-state index in [-0.39, 0.29) is 13.0 Å². The van der Waals surface area contributed by atoms with Gasteiger partial charge in [-0.3, -0.25) is 19.7 Å². The lowest BCUT2D eigenvalue weighted by Crippen LogP contribution is -2.46. The standard InChI is InChI=1S/C11H15NO6/c1-3-17-11(14)8-5-4-6-9(18-7(2)13)10(8)12(15)16/h4,6,8-10H,3,5H2,1-2H3/t8-,9?,10?/m1/s1. The van der Waals surface area contributed by atoms with Crippen LogP contribution in [0.15, 0.2) is 12.2 Å². The fourth-order valence-electron chi connectivity index (χ4n) is 1.89. The van der Waals surface area contributed by atoms with Gasteiger partial charge < -0.3 is 9.47 Å². The number of esters is 2. The zero-order valence-corrected chi connectivity index (χ0v) is 10.2. The zero-order chi connectivity index (χ0) is 13.7. The van der Waals surface area contributed by atoms with Gasteiger partial charge in [0.25, 0.3) is 6.04 Å². The molecule has 0 bridgehead atoms. The van der Waals surface area contributed by atoms with Crippen LogP contribution in [0.5, 0.6) is 0 Å². The molecule has 100 valence electrons. The van der Waals surface area contributed by atoms with E-state index in [0.29, 0.717) is 0 Å². The quantitative estimate of drug-likeness (QED) is 0.318. The Morgan fingerprint density at radius 3 is 2.67 bits per heavy atom. The number of hydrogen-bond acceptors (Lipinski definition) is 6. The predicted molar refractivity (Wildman–Crippen MR) is 60.2 cm³/mol. The van der Waals surface area contributed by atoms with Gasteiger partial charge in [-0.1, -0.05) is 6.08 Å². The summed E-state index contributed by atoms with van der Waals surface area (Å²) in [7, 11) is 0. The topological polar surface area (TPSA) is 95.7 Å². The molecule has 18 heavy (non-hydrogen) atoms. The number of ether oxygens (including phenoxy) is 2. The van der Waals surface area contributed by atoms with Crippen molar-refractivity contribution in [2.45, 2.75) is 32.4 Å². The SMILES string of the molecule is CCOC(=O)[C@@H]1CC=CC(OC(C)=O)C1[N+](=O)[O-]. The van der Waals surface area contributed by atoms with E-state index in [1.807, 2.05) is 0 Å². The largest absolute Gasteiger partial charge is 0.466 e. The number of allylic oxidation sites excluding steroid dienone is 1. The Bertz CT molecular complexity index is 378. The molecule has 0 amide bonds. The molecule has 0 saturated carbocycles. The van der Waals surface area contributed by atoms with Gasteiger partial charge in [0.15, 0.2) is 6.10 Å². The van der Waals surface area contributed by atoms with Crippen molar-refractivity contribution >= 4 is 11.9 Å². The maximum Gasteiger partial charge on any atom is 0.316 e. The van der Waals surface area contributed by atoms with Gasteiger partial charge in [0.2, 0.25) is 0 Å². The van der Waals surface area contributed by atoms with Crippen LogP contribution >= 0.6 is 0 Å². The van der Waals surface area contributed by atoms with Crippen molar-refractivity contribution in [1.29, 1.82) is 0 Å². The molecule has 7 heteroatoms. The summed E-state index contributed by atoms with van der Waals surface area (Å²) >= 11 is 0. The van der Waals surface area contributed by atoms with Gasteiger partial charge in [0.1, 0.15) is 5.92 Å². The molecule has 2 unspecified atom stereocenters. The van der Waals surface area contributed by atoms with Crippen molar-refractivity contribution in [1.82, 2.24) is 0 Å². The highest BCUT2D eigenvalue weighted by atomic mass is 16.6. The second kappa shape index (κ2) is 6.13. The summed E-state index contributed by atoms with van der Waals surface area (Å²) in [6.07, 6.45) is 2.21. The molecule has 1 aliphatic rings. The van der Waals surface area contributed by atoms with Gasteiger partial charge in [0, 0.05) is 11.8 Å². The third-order valence-electron chi connectivity index (χ3n) is 2.60. The number of carbonyl (C=O) groups excluding carboxylic acids is 2. The molecule has 1 rings (SSSR count). The Kier molecular flexibility index (Phi) is 4.82. The molecule has 0 heterocycles. The lowest BCUT2D eigenvalue weighted by Gasteiger charge is -2.26. The lowest BCUT2D eigenvalue weighted by atomic mass is 9.87. The van der Waals surface area contributed by atoms with Crippen LogP contribution in [0.4, 0.5) is 0 Å². The first-order valence-electron chi connectivity index (χ1n) is 5.61. The van der Waals surface area contributed by atoms with Crippen molar-refractivity contribution in [3.63, 3.8) is 0 Å². The molecule has 0 N–H and O–H groups in total. The molecule has 0 aliphatic heterocycles. The van der Waals surface area contributed by atoms with Crippen molar-refractivity contribution in [3.8, 4) is 0 Å². The minimum absolute atomic E-state index is 0.154. The normalized spacial score (nSPS) is 26.4. The lowest BCUT2D eigenvalue weighted by molar-refractivity contribution is -0.539. The zero-order valence-electron chi connectivity index (χ0n) is 10.2. The summed E-state index contributed by atoms with van der Waals surface area (Å²) in [5, 5.41) is 11.0. The smallest absolute Gasteiger partial charge is 0.316 e. The number of hydrogen-bond donors (Lipinski definition) is 0. The minimum Gasteiger partial charge on any atom is -0.466 e. The monoisotopic (exact) mass is 257 g/mol. The van der Waals surface area contributed by atoms with Gasteiger partial charge in [-0.25, -0.2) is 0 Å². The highest BCUT2D eigenvalue weighted by Gasteiger charge is 2.46. The number of nitrogens with zero attached hydrogens (tertiary/aromatic N) is 1. The molecule has 0 radical (unpaired) electrons. The van der Waals surface area contributed by atoms with E-state index in [9.17, 15) is 19.7 Å². The maximum atomic E-state index is 11.6. The van der Waals surface area contributed by atoms with E-state index < -0.39 is 34.9 Å². The first-order chi connectivity index (χ1) is 8.47. The molecule has 0 aromatic carbocycles. The summed E-state index contributed by atoms with van der Waals surface area (Å²) in [6.45, 7) is 2.95. The average Bonchev–Trinajstić information content (AvgIpc) is 2.27. The van der Waals surface area contributed by atoms with Crippen LogP contribution in [0.3, 0.4) is 0 Å².